The van der Waals surface area contributed by atoms with Gasteiger partial charge in [0.2, 0.25) is 0 Å². The fourth-order valence-corrected chi connectivity index (χ4v) is 6.25. The highest BCUT2D eigenvalue weighted by Gasteiger charge is 2.57. The van der Waals surface area contributed by atoms with Gasteiger partial charge in [-0.3, -0.25) is 4.90 Å². The predicted molar refractivity (Wildman–Crippen MR) is 112 cm³/mol. The summed E-state index contributed by atoms with van der Waals surface area (Å²) in [5.74, 6) is 1.69. The van der Waals surface area contributed by atoms with Gasteiger partial charge >= 0.3 is 5.97 Å². The minimum absolute atomic E-state index is 0.00261. The molecule has 30 heavy (non-hydrogen) atoms. The predicted octanol–water partition coefficient (Wildman–Crippen LogP) is 2.55. The summed E-state index contributed by atoms with van der Waals surface area (Å²) < 4.78 is 22.0. The van der Waals surface area contributed by atoms with Crippen LogP contribution >= 0.6 is 0 Å². The van der Waals surface area contributed by atoms with Crippen molar-refractivity contribution in [1.29, 1.82) is 0 Å². The number of nitrogens with zero attached hydrogens (tertiary/aromatic N) is 1. The van der Waals surface area contributed by atoms with Crippen LogP contribution in [-0.2, 0) is 19.7 Å². The van der Waals surface area contributed by atoms with E-state index in [2.05, 4.69) is 23.2 Å². The Morgan fingerprint density at radius 3 is 2.73 bits per heavy atom. The molecule has 5 unspecified atom stereocenters. The van der Waals surface area contributed by atoms with Gasteiger partial charge in [-0.15, -0.1) is 0 Å². The first-order chi connectivity index (χ1) is 14.5. The zero-order chi connectivity index (χ0) is 21.0. The molecular formula is C23H30N2O5. The molecule has 7 nitrogen and oxygen atoms in total. The van der Waals surface area contributed by atoms with Gasteiger partial charge in [0.15, 0.2) is 11.5 Å². The van der Waals surface area contributed by atoms with Crippen LogP contribution in [0.1, 0.15) is 25.3 Å². The standard InChI is InChI=1S/C23H30N2O5/c1-13-15-10-25-6-5-23(21(25)7-14(15)16(11-30-13)22(26)29-4)12-24-18-9-20(28-3)19(27-2)8-17(18)23/h8-9,11,13-15,21,24H,5-7,10,12H2,1-4H3. The SMILES string of the molecule is COC(=O)C1=COC(C)C2CN3CCC4(CNc5cc(OC)c(OC)cc54)C3CC12. The maximum absolute atomic E-state index is 12.5. The number of methoxy groups -OCH3 is 3. The van der Waals surface area contributed by atoms with E-state index in [9.17, 15) is 4.79 Å². The number of nitrogens with one attached hydrogen (secondary N) is 1. The molecule has 162 valence electrons. The molecule has 1 aromatic rings. The third kappa shape index (κ3) is 2.64. The van der Waals surface area contributed by atoms with Crippen molar-refractivity contribution in [2.75, 3.05) is 46.3 Å². The number of carbonyl (C=O) groups is 1. The highest BCUT2D eigenvalue weighted by molar-refractivity contribution is 5.89. The molecule has 1 spiro atoms. The van der Waals surface area contributed by atoms with E-state index >= 15 is 0 Å². The van der Waals surface area contributed by atoms with E-state index in [4.69, 9.17) is 18.9 Å². The summed E-state index contributed by atoms with van der Waals surface area (Å²) in [6.45, 7) is 4.99. The molecule has 4 heterocycles. The van der Waals surface area contributed by atoms with Crippen LogP contribution in [-0.4, -0.2) is 64.0 Å². The summed E-state index contributed by atoms with van der Waals surface area (Å²) in [6.07, 6.45) is 3.75. The summed E-state index contributed by atoms with van der Waals surface area (Å²) in [6, 6.07) is 4.55. The number of fused-ring (bicyclic) bond motifs is 5. The lowest BCUT2D eigenvalue weighted by Crippen LogP contribution is -2.55. The molecule has 2 saturated heterocycles. The lowest BCUT2D eigenvalue weighted by atomic mass is 9.67. The Balaban J connectivity index is 1.52. The number of ether oxygens (including phenoxy) is 4. The Bertz CT molecular complexity index is 900. The van der Waals surface area contributed by atoms with Gasteiger partial charge in [0, 0.05) is 48.1 Å². The maximum atomic E-state index is 12.5. The van der Waals surface area contributed by atoms with Crippen LogP contribution in [0.3, 0.4) is 0 Å². The molecule has 1 N–H and O–H groups in total. The van der Waals surface area contributed by atoms with Crippen molar-refractivity contribution >= 4 is 11.7 Å². The van der Waals surface area contributed by atoms with E-state index in [-0.39, 0.29) is 23.4 Å². The van der Waals surface area contributed by atoms with Gasteiger partial charge in [0.25, 0.3) is 0 Å². The third-order valence-electron chi connectivity index (χ3n) is 7.85. The van der Waals surface area contributed by atoms with E-state index in [0.717, 1.165) is 49.7 Å². The fourth-order valence-electron chi connectivity index (χ4n) is 6.25. The second kappa shape index (κ2) is 7.08. The topological polar surface area (TPSA) is 69.3 Å². The largest absolute Gasteiger partial charge is 0.497 e. The molecule has 7 heteroatoms. The zero-order valence-corrected chi connectivity index (χ0v) is 18.1. The van der Waals surface area contributed by atoms with E-state index in [1.165, 1.54) is 12.7 Å². The van der Waals surface area contributed by atoms with E-state index in [1.54, 1.807) is 20.5 Å². The highest BCUT2D eigenvalue weighted by atomic mass is 16.5. The average molecular weight is 415 g/mol. The molecule has 0 aromatic heterocycles. The summed E-state index contributed by atoms with van der Waals surface area (Å²) in [4.78, 5) is 15.1. The van der Waals surface area contributed by atoms with Crippen LogP contribution in [0, 0.1) is 11.8 Å². The molecule has 0 amide bonds. The highest BCUT2D eigenvalue weighted by Crippen LogP contribution is 2.55. The van der Waals surface area contributed by atoms with Crippen LogP contribution in [0.25, 0.3) is 0 Å². The Hall–Kier alpha value is -2.41. The molecule has 4 aliphatic heterocycles. The summed E-state index contributed by atoms with van der Waals surface area (Å²) in [5, 5.41) is 3.62. The first-order valence-corrected chi connectivity index (χ1v) is 10.7. The Kier molecular flexibility index (Phi) is 4.61. The van der Waals surface area contributed by atoms with Crippen LogP contribution in [0.4, 0.5) is 5.69 Å². The van der Waals surface area contributed by atoms with E-state index in [1.807, 2.05) is 6.07 Å². The van der Waals surface area contributed by atoms with Crippen LogP contribution in [0.15, 0.2) is 24.0 Å². The first kappa shape index (κ1) is 19.5. The first-order valence-electron chi connectivity index (χ1n) is 10.7. The van der Waals surface area contributed by atoms with Crippen LogP contribution in [0.2, 0.25) is 0 Å². The summed E-state index contributed by atoms with van der Waals surface area (Å²) in [7, 11) is 4.79. The van der Waals surface area contributed by atoms with Gasteiger partial charge in [-0.25, -0.2) is 4.79 Å². The van der Waals surface area contributed by atoms with E-state index in [0.29, 0.717) is 17.5 Å². The zero-order valence-electron chi connectivity index (χ0n) is 18.1. The number of piperidine rings is 1. The number of hydrogen-bond acceptors (Lipinski definition) is 7. The normalized spacial score (nSPS) is 34.2. The fraction of sp³-hybridized carbons (Fsp3) is 0.609. The summed E-state index contributed by atoms with van der Waals surface area (Å²) >= 11 is 0. The van der Waals surface area contributed by atoms with Gasteiger partial charge < -0.3 is 24.3 Å². The van der Waals surface area contributed by atoms with Crippen molar-refractivity contribution in [3.8, 4) is 11.5 Å². The van der Waals surface area contributed by atoms with Gasteiger partial charge in [-0.2, -0.15) is 0 Å². The van der Waals surface area contributed by atoms with Crippen molar-refractivity contribution in [3.05, 3.63) is 29.5 Å². The number of carbonyl (C=O) groups excluding carboxylic acids is 1. The Morgan fingerprint density at radius 2 is 2.00 bits per heavy atom. The quantitative estimate of drug-likeness (QED) is 0.763. The molecule has 5 rings (SSSR count). The number of rotatable bonds is 3. The number of esters is 1. The lowest BCUT2D eigenvalue weighted by molar-refractivity contribution is -0.139. The van der Waals surface area contributed by atoms with Crippen molar-refractivity contribution in [1.82, 2.24) is 4.90 Å². The summed E-state index contributed by atoms with van der Waals surface area (Å²) in [5.41, 5.74) is 3.11. The van der Waals surface area contributed by atoms with Crippen LogP contribution < -0.4 is 14.8 Å². The molecule has 2 fully saturated rings. The van der Waals surface area contributed by atoms with Crippen molar-refractivity contribution in [2.24, 2.45) is 11.8 Å². The van der Waals surface area contributed by atoms with Crippen molar-refractivity contribution < 1.29 is 23.7 Å². The monoisotopic (exact) mass is 414 g/mol. The molecule has 5 atom stereocenters. The van der Waals surface area contributed by atoms with Gasteiger partial charge in [-0.05, 0) is 37.9 Å². The molecule has 0 bridgehead atoms. The lowest BCUT2D eigenvalue weighted by Gasteiger charge is -2.48. The van der Waals surface area contributed by atoms with Gasteiger partial charge in [0.1, 0.15) is 0 Å². The van der Waals surface area contributed by atoms with Gasteiger partial charge in [0.05, 0.1) is 39.3 Å². The minimum atomic E-state index is -0.270. The smallest absolute Gasteiger partial charge is 0.337 e. The molecule has 0 saturated carbocycles. The number of anilines is 1. The molecular weight excluding hydrogens is 384 g/mol. The van der Waals surface area contributed by atoms with Gasteiger partial charge in [-0.1, -0.05) is 0 Å². The van der Waals surface area contributed by atoms with Crippen molar-refractivity contribution in [3.63, 3.8) is 0 Å². The number of hydrogen-bond donors (Lipinski definition) is 1. The molecule has 0 radical (unpaired) electrons. The van der Waals surface area contributed by atoms with E-state index < -0.39 is 0 Å². The van der Waals surface area contributed by atoms with Crippen molar-refractivity contribution in [2.45, 2.75) is 37.3 Å². The Labute approximate surface area is 177 Å². The second-order valence-electron chi connectivity index (χ2n) is 8.94. The minimum Gasteiger partial charge on any atom is -0.497 e. The molecule has 0 aliphatic carbocycles. The number of benzene rings is 1. The average Bonchev–Trinajstić information content (AvgIpc) is 3.32. The van der Waals surface area contributed by atoms with Crippen LogP contribution in [0.5, 0.6) is 11.5 Å². The third-order valence-corrected chi connectivity index (χ3v) is 7.85. The maximum Gasteiger partial charge on any atom is 0.337 e. The Morgan fingerprint density at radius 1 is 1.23 bits per heavy atom. The molecule has 1 aromatic carbocycles. The molecule has 4 aliphatic rings. The second-order valence-corrected chi connectivity index (χ2v) is 8.94.